The number of furan rings is 2. The standard InChI is InChI=1S/C16H14O3/c17-14-6-5-12(13-7-8-18-16(13)14)15-11-4-2-1-3-10(11)9-19-15/h1-4,7-9,12,14,17H,5-6H2. The van der Waals surface area contributed by atoms with E-state index in [-0.39, 0.29) is 5.92 Å². The minimum Gasteiger partial charge on any atom is -0.467 e. The highest BCUT2D eigenvalue weighted by Gasteiger charge is 2.32. The fraction of sp³-hybridized carbons (Fsp3) is 0.250. The largest absolute Gasteiger partial charge is 0.467 e. The first kappa shape index (κ1) is 10.9. The average Bonchev–Trinajstić information content (AvgIpc) is 3.06. The van der Waals surface area contributed by atoms with E-state index in [1.54, 1.807) is 12.5 Å². The highest BCUT2D eigenvalue weighted by atomic mass is 16.4. The van der Waals surface area contributed by atoms with E-state index in [9.17, 15) is 5.11 Å². The predicted octanol–water partition coefficient (Wildman–Crippen LogP) is 3.98. The second kappa shape index (κ2) is 4.00. The molecule has 2 aromatic heterocycles. The molecule has 0 bridgehead atoms. The number of rotatable bonds is 1. The maximum atomic E-state index is 9.95. The molecule has 0 radical (unpaired) electrons. The van der Waals surface area contributed by atoms with Crippen LogP contribution >= 0.6 is 0 Å². The van der Waals surface area contributed by atoms with Crippen molar-refractivity contribution in [2.75, 3.05) is 0 Å². The van der Waals surface area contributed by atoms with Crippen LogP contribution in [0.3, 0.4) is 0 Å². The fourth-order valence-corrected chi connectivity index (χ4v) is 3.06. The molecule has 0 spiro atoms. The molecule has 2 unspecified atom stereocenters. The molecule has 0 aliphatic heterocycles. The average molecular weight is 254 g/mol. The van der Waals surface area contributed by atoms with Gasteiger partial charge in [0.05, 0.1) is 12.5 Å². The Morgan fingerprint density at radius 2 is 1.89 bits per heavy atom. The van der Waals surface area contributed by atoms with Gasteiger partial charge in [-0.05, 0) is 18.9 Å². The van der Waals surface area contributed by atoms with Gasteiger partial charge in [-0.15, -0.1) is 0 Å². The van der Waals surface area contributed by atoms with Crippen LogP contribution in [0.4, 0.5) is 0 Å². The first-order chi connectivity index (χ1) is 9.34. The van der Waals surface area contributed by atoms with Gasteiger partial charge in [0, 0.05) is 22.3 Å². The summed E-state index contributed by atoms with van der Waals surface area (Å²) in [6, 6.07) is 10.1. The molecule has 3 aromatic rings. The Labute approximate surface area is 110 Å². The van der Waals surface area contributed by atoms with Crippen molar-refractivity contribution in [3.8, 4) is 0 Å². The van der Waals surface area contributed by atoms with Crippen molar-refractivity contribution in [1.29, 1.82) is 0 Å². The summed E-state index contributed by atoms with van der Waals surface area (Å²) >= 11 is 0. The number of hydrogen-bond donors (Lipinski definition) is 1. The lowest BCUT2D eigenvalue weighted by atomic mass is 9.83. The van der Waals surface area contributed by atoms with E-state index in [2.05, 4.69) is 12.1 Å². The Kier molecular flexibility index (Phi) is 2.29. The van der Waals surface area contributed by atoms with E-state index in [1.165, 1.54) is 0 Å². The van der Waals surface area contributed by atoms with Crippen LogP contribution in [0.5, 0.6) is 0 Å². The second-order valence-electron chi connectivity index (χ2n) is 5.07. The van der Waals surface area contributed by atoms with E-state index < -0.39 is 6.10 Å². The third-order valence-electron chi connectivity index (χ3n) is 3.99. The van der Waals surface area contributed by atoms with Crippen LogP contribution in [0.15, 0.2) is 51.7 Å². The third-order valence-corrected chi connectivity index (χ3v) is 3.99. The molecule has 19 heavy (non-hydrogen) atoms. The molecule has 0 fully saturated rings. The van der Waals surface area contributed by atoms with Gasteiger partial charge < -0.3 is 13.9 Å². The van der Waals surface area contributed by atoms with E-state index in [0.29, 0.717) is 12.2 Å². The van der Waals surface area contributed by atoms with Crippen molar-refractivity contribution in [2.45, 2.75) is 24.9 Å². The number of aliphatic hydroxyl groups excluding tert-OH is 1. The summed E-state index contributed by atoms with van der Waals surface area (Å²) in [6.45, 7) is 0. The van der Waals surface area contributed by atoms with Gasteiger partial charge in [-0.2, -0.15) is 0 Å². The summed E-state index contributed by atoms with van der Waals surface area (Å²) in [5.74, 6) is 1.85. The Bertz CT molecular complexity index is 722. The Morgan fingerprint density at radius 1 is 1.00 bits per heavy atom. The van der Waals surface area contributed by atoms with E-state index >= 15 is 0 Å². The number of hydrogen-bond acceptors (Lipinski definition) is 3. The van der Waals surface area contributed by atoms with Crippen LogP contribution in [0.25, 0.3) is 10.8 Å². The quantitative estimate of drug-likeness (QED) is 0.714. The van der Waals surface area contributed by atoms with Crippen molar-refractivity contribution < 1.29 is 13.9 Å². The van der Waals surface area contributed by atoms with Crippen LogP contribution in [0.2, 0.25) is 0 Å². The topological polar surface area (TPSA) is 46.5 Å². The summed E-state index contributed by atoms with van der Waals surface area (Å²) in [5, 5.41) is 12.2. The van der Waals surface area contributed by atoms with Crippen LogP contribution < -0.4 is 0 Å². The Morgan fingerprint density at radius 3 is 2.84 bits per heavy atom. The molecule has 3 nitrogen and oxygen atoms in total. The SMILES string of the molecule is OC1CCC(c2occ3ccccc23)c2ccoc21. The molecule has 2 atom stereocenters. The van der Waals surface area contributed by atoms with Crippen LogP contribution in [-0.4, -0.2) is 5.11 Å². The van der Waals surface area contributed by atoms with Gasteiger partial charge in [-0.25, -0.2) is 0 Å². The molecule has 1 aromatic carbocycles. The minimum atomic E-state index is -0.484. The number of fused-ring (bicyclic) bond motifs is 2. The molecule has 4 rings (SSSR count). The molecular weight excluding hydrogens is 240 g/mol. The molecule has 3 heteroatoms. The van der Waals surface area contributed by atoms with Crippen LogP contribution in [0.1, 0.15) is 41.9 Å². The zero-order valence-corrected chi connectivity index (χ0v) is 10.4. The molecule has 0 saturated heterocycles. The minimum absolute atomic E-state index is 0.178. The lowest BCUT2D eigenvalue weighted by Gasteiger charge is -2.23. The van der Waals surface area contributed by atoms with Crippen molar-refractivity contribution in [1.82, 2.24) is 0 Å². The third kappa shape index (κ3) is 1.55. The van der Waals surface area contributed by atoms with Gasteiger partial charge >= 0.3 is 0 Å². The van der Waals surface area contributed by atoms with Crippen molar-refractivity contribution >= 4 is 10.8 Å². The smallest absolute Gasteiger partial charge is 0.136 e. The highest BCUT2D eigenvalue weighted by Crippen LogP contribution is 2.44. The van der Waals surface area contributed by atoms with Gasteiger partial charge in [0.15, 0.2) is 0 Å². The van der Waals surface area contributed by atoms with Crippen LogP contribution in [-0.2, 0) is 0 Å². The first-order valence-electron chi connectivity index (χ1n) is 6.56. The summed E-state index contributed by atoms with van der Waals surface area (Å²) in [5.41, 5.74) is 1.05. The van der Waals surface area contributed by atoms with Crippen molar-refractivity contribution in [2.24, 2.45) is 0 Å². The summed E-state index contributed by atoms with van der Waals surface area (Å²) in [7, 11) is 0. The molecular formula is C16H14O3. The molecule has 0 saturated carbocycles. The molecule has 0 amide bonds. The normalized spacial score (nSPS) is 22.6. The van der Waals surface area contributed by atoms with Crippen molar-refractivity contribution in [3.63, 3.8) is 0 Å². The van der Waals surface area contributed by atoms with Gasteiger partial charge in [0.25, 0.3) is 0 Å². The van der Waals surface area contributed by atoms with Gasteiger partial charge in [-0.1, -0.05) is 24.3 Å². The second-order valence-corrected chi connectivity index (χ2v) is 5.07. The zero-order chi connectivity index (χ0) is 12.8. The maximum absolute atomic E-state index is 9.95. The fourth-order valence-electron chi connectivity index (χ4n) is 3.06. The van der Waals surface area contributed by atoms with Crippen molar-refractivity contribution in [3.05, 3.63) is 59.9 Å². The van der Waals surface area contributed by atoms with Gasteiger partial charge in [0.1, 0.15) is 17.6 Å². The van der Waals surface area contributed by atoms with Crippen LogP contribution in [0, 0.1) is 0 Å². The Hall–Kier alpha value is -2.00. The lowest BCUT2D eigenvalue weighted by Crippen LogP contribution is -2.12. The molecule has 1 aliphatic carbocycles. The molecule has 1 N–H and O–H groups in total. The van der Waals surface area contributed by atoms with E-state index in [1.807, 2.05) is 18.2 Å². The van der Waals surface area contributed by atoms with Gasteiger partial charge in [-0.3, -0.25) is 0 Å². The predicted molar refractivity (Wildman–Crippen MR) is 71.0 cm³/mol. The molecule has 2 heterocycles. The first-order valence-corrected chi connectivity index (χ1v) is 6.56. The van der Waals surface area contributed by atoms with E-state index in [0.717, 1.165) is 28.5 Å². The Balaban J connectivity index is 1.88. The summed E-state index contributed by atoms with van der Waals surface area (Å²) in [6.07, 6.45) is 4.56. The summed E-state index contributed by atoms with van der Waals surface area (Å²) < 4.78 is 11.2. The number of benzene rings is 1. The zero-order valence-electron chi connectivity index (χ0n) is 10.4. The highest BCUT2D eigenvalue weighted by molar-refractivity contribution is 5.84. The monoisotopic (exact) mass is 254 g/mol. The number of aliphatic hydroxyl groups is 1. The maximum Gasteiger partial charge on any atom is 0.136 e. The molecule has 1 aliphatic rings. The molecule has 96 valence electrons. The van der Waals surface area contributed by atoms with Gasteiger partial charge in [0.2, 0.25) is 0 Å². The summed E-state index contributed by atoms with van der Waals surface area (Å²) in [4.78, 5) is 0. The lowest BCUT2D eigenvalue weighted by molar-refractivity contribution is 0.124. The van der Waals surface area contributed by atoms with E-state index in [4.69, 9.17) is 8.83 Å².